The Balaban J connectivity index is 1.64. The fourth-order valence-corrected chi connectivity index (χ4v) is 3.00. The van der Waals surface area contributed by atoms with Gasteiger partial charge >= 0.3 is 0 Å². The Kier molecular flexibility index (Phi) is 3.56. The van der Waals surface area contributed by atoms with E-state index >= 15 is 0 Å². The third kappa shape index (κ3) is 2.96. The minimum atomic E-state index is -2.47. The van der Waals surface area contributed by atoms with Crippen LogP contribution >= 0.6 is 0 Å². The largest absolute Gasteiger partial charge is 0.357 e. The Bertz CT molecular complexity index is 417. The molecule has 0 aromatic carbocycles. The molecule has 3 nitrogen and oxygen atoms in total. The van der Waals surface area contributed by atoms with Crippen LogP contribution in [0.1, 0.15) is 62.8 Å². The molecule has 3 rings (SSSR count). The van der Waals surface area contributed by atoms with Crippen LogP contribution < -0.4 is 0 Å². The van der Waals surface area contributed by atoms with Crippen LogP contribution in [0.2, 0.25) is 0 Å². The quantitative estimate of drug-likeness (QED) is 0.815. The van der Waals surface area contributed by atoms with E-state index in [1.165, 1.54) is 0 Å². The van der Waals surface area contributed by atoms with E-state index in [9.17, 15) is 8.78 Å². The molecule has 1 aliphatic carbocycles. The summed E-state index contributed by atoms with van der Waals surface area (Å²) in [6.07, 6.45) is 6.28. The smallest absolute Gasteiger partial charge is 0.248 e. The van der Waals surface area contributed by atoms with Crippen molar-refractivity contribution in [2.75, 3.05) is 6.61 Å². The van der Waals surface area contributed by atoms with Crippen molar-refractivity contribution < 1.29 is 13.5 Å². The first kappa shape index (κ1) is 13.0. The molecule has 0 radical (unpaired) electrons. The van der Waals surface area contributed by atoms with Crippen LogP contribution in [-0.2, 0) is 4.74 Å². The number of alkyl halides is 2. The summed E-state index contributed by atoms with van der Waals surface area (Å²) in [7, 11) is 0. The second-order valence-electron chi connectivity index (χ2n) is 5.67. The monoisotopic (exact) mass is 270 g/mol. The highest BCUT2D eigenvalue weighted by Gasteiger charge is 2.36. The summed E-state index contributed by atoms with van der Waals surface area (Å²) >= 11 is 0. The standard InChI is InChI=1S/C14H20F2N2O/c15-14(16)7-4-11(5-8-14)12-6-9-18(17-12)13-3-1-2-10-19-13/h6,9,11,13H,1-5,7-8,10H2. The van der Waals surface area contributed by atoms with Crippen LogP contribution in [-0.4, -0.2) is 22.3 Å². The first-order chi connectivity index (χ1) is 9.14. The van der Waals surface area contributed by atoms with Gasteiger partial charge in [-0.1, -0.05) is 0 Å². The molecule has 0 N–H and O–H groups in total. The van der Waals surface area contributed by atoms with Crippen LogP contribution in [0.5, 0.6) is 0 Å². The minimum Gasteiger partial charge on any atom is -0.357 e. The second kappa shape index (κ2) is 5.19. The average molecular weight is 270 g/mol. The van der Waals surface area contributed by atoms with Gasteiger partial charge in [-0.05, 0) is 38.2 Å². The summed E-state index contributed by atoms with van der Waals surface area (Å²) in [5, 5.41) is 4.55. The second-order valence-corrected chi connectivity index (χ2v) is 5.67. The van der Waals surface area contributed by atoms with E-state index in [-0.39, 0.29) is 25.0 Å². The van der Waals surface area contributed by atoms with Gasteiger partial charge in [0, 0.05) is 31.6 Å². The molecule has 1 atom stereocenters. The maximum atomic E-state index is 13.1. The normalized spacial score (nSPS) is 28.4. The number of halogens is 2. The van der Waals surface area contributed by atoms with Crippen molar-refractivity contribution in [3.05, 3.63) is 18.0 Å². The zero-order valence-electron chi connectivity index (χ0n) is 11.0. The molecule has 1 aliphatic heterocycles. The predicted molar refractivity (Wildman–Crippen MR) is 67.2 cm³/mol. The van der Waals surface area contributed by atoms with Crippen molar-refractivity contribution in [3.8, 4) is 0 Å². The van der Waals surface area contributed by atoms with Crippen LogP contribution in [0.25, 0.3) is 0 Å². The summed E-state index contributed by atoms with van der Waals surface area (Å²) in [4.78, 5) is 0. The van der Waals surface area contributed by atoms with Crippen molar-refractivity contribution >= 4 is 0 Å². The first-order valence-electron chi connectivity index (χ1n) is 7.18. The topological polar surface area (TPSA) is 27.1 Å². The highest BCUT2D eigenvalue weighted by molar-refractivity contribution is 5.08. The van der Waals surface area contributed by atoms with E-state index in [0.29, 0.717) is 12.8 Å². The lowest BCUT2D eigenvalue weighted by Crippen LogP contribution is -2.24. The molecule has 1 saturated carbocycles. The van der Waals surface area contributed by atoms with E-state index in [1.807, 2.05) is 16.9 Å². The fraction of sp³-hybridized carbons (Fsp3) is 0.786. The van der Waals surface area contributed by atoms with Gasteiger partial charge in [0.2, 0.25) is 5.92 Å². The van der Waals surface area contributed by atoms with Gasteiger partial charge in [-0.25, -0.2) is 13.5 Å². The minimum absolute atomic E-state index is 0.00947. The predicted octanol–water partition coefficient (Wildman–Crippen LogP) is 3.88. The number of aromatic nitrogens is 2. The third-order valence-electron chi connectivity index (χ3n) is 4.22. The Morgan fingerprint density at radius 1 is 1.21 bits per heavy atom. The van der Waals surface area contributed by atoms with Crippen LogP contribution in [0.3, 0.4) is 0 Å². The lowest BCUT2D eigenvalue weighted by atomic mass is 9.85. The van der Waals surface area contributed by atoms with Gasteiger partial charge in [-0.15, -0.1) is 0 Å². The molecular formula is C14H20F2N2O. The molecule has 1 aromatic heterocycles. The van der Waals surface area contributed by atoms with Crippen molar-refractivity contribution in [3.63, 3.8) is 0 Å². The number of nitrogens with zero attached hydrogens (tertiary/aromatic N) is 2. The van der Waals surface area contributed by atoms with Crippen molar-refractivity contribution in [1.29, 1.82) is 0 Å². The lowest BCUT2D eigenvalue weighted by molar-refractivity contribution is -0.0425. The van der Waals surface area contributed by atoms with Crippen molar-refractivity contribution in [1.82, 2.24) is 9.78 Å². The van der Waals surface area contributed by atoms with E-state index in [4.69, 9.17) is 4.74 Å². The summed E-state index contributed by atoms with van der Waals surface area (Å²) in [6, 6.07) is 1.96. The molecule has 2 heterocycles. The Morgan fingerprint density at radius 3 is 2.68 bits per heavy atom. The molecule has 1 saturated heterocycles. The molecule has 19 heavy (non-hydrogen) atoms. The number of ether oxygens (including phenoxy) is 1. The fourth-order valence-electron chi connectivity index (χ4n) is 3.00. The highest BCUT2D eigenvalue weighted by atomic mass is 19.3. The summed E-state index contributed by atoms with van der Waals surface area (Å²) < 4.78 is 33.8. The van der Waals surface area contributed by atoms with Crippen molar-refractivity contribution in [2.45, 2.75) is 63.0 Å². The van der Waals surface area contributed by atoms with Gasteiger partial charge in [0.1, 0.15) is 6.23 Å². The molecule has 106 valence electrons. The molecule has 1 aromatic rings. The van der Waals surface area contributed by atoms with E-state index < -0.39 is 5.92 Å². The molecule has 2 fully saturated rings. The Morgan fingerprint density at radius 2 is 2.00 bits per heavy atom. The van der Waals surface area contributed by atoms with Crippen molar-refractivity contribution in [2.24, 2.45) is 0 Å². The van der Waals surface area contributed by atoms with Crippen LogP contribution in [0.4, 0.5) is 8.78 Å². The third-order valence-corrected chi connectivity index (χ3v) is 4.22. The van der Waals surface area contributed by atoms with Crippen LogP contribution in [0, 0.1) is 0 Å². The number of rotatable bonds is 2. The molecule has 0 amide bonds. The van der Waals surface area contributed by atoms with E-state index in [0.717, 1.165) is 31.6 Å². The SMILES string of the molecule is FC1(F)CCC(c2ccn(C3CCCCO3)n2)CC1. The molecule has 1 unspecified atom stereocenters. The average Bonchev–Trinajstić information content (AvgIpc) is 2.89. The zero-order chi connectivity index (χ0) is 13.3. The van der Waals surface area contributed by atoms with Gasteiger partial charge in [-0.3, -0.25) is 0 Å². The maximum absolute atomic E-state index is 13.1. The lowest BCUT2D eigenvalue weighted by Gasteiger charge is -2.27. The maximum Gasteiger partial charge on any atom is 0.248 e. The molecule has 5 heteroatoms. The Hall–Kier alpha value is -0.970. The van der Waals surface area contributed by atoms with Gasteiger partial charge in [0.05, 0.1) is 5.69 Å². The van der Waals surface area contributed by atoms with E-state index in [2.05, 4.69) is 5.10 Å². The summed E-state index contributed by atoms with van der Waals surface area (Å²) in [6.45, 7) is 0.787. The van der Waals surface area contributed by atoms with Gasteiger partial charge in [-0.2, -0.15) is 5.10 Å². The summed E-state index contributed by atoms with van der Waals surface area (Å²) in [5.74, 6) is -2.28. The zero-order valence-corrected chi connectivity index (χ0v) is 11.0. The first-order valence-corrected chi connectivity index (χ1v) is 7.18. The highest BCUT2D eigenvalue weighted by Crippen LogP contribution is 2.40. The molecule has 2 aliphatic rings. The Labute approximate surface area is 111 Å². The van der Waals surface area contributed by atoms with Gasteiger partial charge in [0.15, 0.2) is 0 Å². The molecule has 0 bridgehead atoms. The van der Waals surface area contributed by atoms with Gasteiger partial charge < -0.3 is 4.74 Å². The molecule has 0 spiro atoms. The number of hydrogen-bond donors (Lipinski definition) is 0. The van der Waals surface area contributed by atoms with E-state index in [1.54, 1.807) is 0 Å². The number of hydrogen-bond acceptors (Lipinski definition) is 2. The molecular weight excluding hydrogens is 250 g/mol. The van der Waals surface area contributed by atoms with Crippen LogP contribution in [0.15, 0.2) is 12.3 Å². The summed E-state index contributed by atoms with van der Waals surface area (Å²) in [5.41, 5.74) is 0.949. The van der Waals surface area contributed by atoms with Gasteiger partial charge in [0.25, 0.3) is 0 Å².